The molecule has 5 nitrogen and oxygen atoms in total. The van der Waals surface area contributed by atoms with E-state index in [0.29, 0.717) is 41.7 Å². The van der Waals surface area contributed by atoms with Gasteiger partial charge in [0.1, 0.15) is 0 Å². The van der Waals surface area contributed by atoms with Crippen LogP contribution in [0.3, 0.4) is 0 Å². The number of ether oxygens (including phenoxy) is 2. The summed E-state index contributed by atoms with van der Waals surface area (Å²) in [7, 11) is 0. The van der Waals surface area contributed by atoms with E-state index in [2.05, 4.69) is 62.5 Å². The Kier molecular flexibility index (Phi) is 5.77. The Morgan fingerprint density at radius 1 is 1.09 bits per heavy atom. The Bertz CT molecular complexity index is 1300. The molecule has 3 unspecified atom stereocenters. The highest BCUT2D eigenvalue weighted by atomic mass is 127. The van der Waals surface area contributed by atoms with Crippen LogP contribution in [0.4, 0.5) is 14.5 Å². The van der Waals surface area contributed by atoms with Gasteiger partial charge in [-0.2, -0.15) is 0 Å². The van der Waals surface area contributed by atoms with Crippen molar-refractivity contribution in [2.75, 3.05) is 11.9 Å². The number of hydrogen-bond acceptors (Lipinski definition) is 4. The number of carbonyl (C=O) groups excluding carboxylic acids is 1. The predicted molar refractivity (Wildman–Crippen MR) is 136 cm³/mol. The number of alkyl halides is 2. The third-order valence-electron chi connectivity index (χ3n) is 8.05. The minimum Gasteiger partial charge on any atom is -0.395 e. The molecular weight excluding hydrogens is 565 g/mol. The highest BCUT2D eigenvalue weighted by molar-refractivity contribution is 14.1. The van der Waals surface area contributed by atoms with Crippen molar-refractivity contribution in [1.82, 2.24) is 0 Å². The van der Waals surface area contributed by atoms with E-state index in [4.69, 9.17) is 4.99 Å². The lowest BCUT2D eigenvalue weighted by atomic mass is 9.82. The van der Waals surface area contributed by atoms with Gasteiger partial charge in [-0.3, -0.25) is 9.79 Å². The summed E-state index contributed by atoms with van der Waals surface area (Å²) in [6.07, 6.45) is 1.34. The maximum absolute atomic E-state index is 13.2. The zero-order chi connectivity index (χ0) is 24.3. The Hall–Kier alpha value is -2.23. The van der Waals surface area contributed by atoms with Crippen LogP contribution in [-0.4, -0.2) is 18.7 Å². The van der Waals surface area contributed by atoms with E-state index < -0.39 is 6.29 Å². The molecule has 184 valence electrons. The Labute approximate surface area is 216 Å². The van der Waals surface area contributed by atoms with Gasteiger partial charge in [0.15, 0.2) is 11.5 Å². The first-order valence-electron chi connectivity index (χ1n) is 12.3. The monoisotopic (exact) mass is 592 g/mol. The molecule has 6 rings (SSSR count). The molecule has 1 amide bonds. The quantitative estimate of drug-likeness (QED) is 0.502. The second-order valence-electron chi connectivity index (χ2n) is 10.5. The third-order valence-corrected chi connectivity index (χ3v) is 8.72. The standard InChI is InChI=1S/C27H27F2IN2O3/c1-14-13-31-22-4-2-19(30)11-21(22)26(14)18-9-16-6-15(7-17(16)10-18)8-25(33)32-20-3-5-23-24(12-20)35-27(28,29)34-23/h2-5,11-12,14-18H,6-10,13H2,1H3,(H,32,33)/t14?,15?,16-,17+,18?. The molecule has 0 radical (unpaired) electrons. The predicted octanol–water partition coefficient (Wildman–Crippen LogP) is 5.11. The van der Waals surface area contributed by atoms with Crippen molar-refractivity contribution in [2.45, 2.75) is 45.3 Å². The average Bonchev–Trinajstić information content (AvgIpc) is 3.42. The number of rotatable bonds is 4. The summed E-state index contributed by atoms with van der Waals surface area (Å²) >= 11 is 2.38. The van der Waals surface area contributed by atoms with Gasteiger partial charge in [-0.25, -0.2) is 0 Å². The average molecular weight is 592 g/mol. The van der Waals surface area contributed by atoms with Crippen molar-refractivity contribution in [2.24, 2.45) is 34.6 Å². The van der Waals surface area contributed by atoms with Crippen LogP contribution >= 0.6 is 22.6 Å². The molecule has 2 heterocycles. The Balaban J connectivity index is 1.08. The summed E-state index contributed by atoms with van der Waals surface area (Å²) in [5.41, 5.74) is 2.03. The molecule has 35 heavy (non-hydrogen) atoms. The summed E-state index contributed by atoms with van der Waals surface area (Å²) in [4.78, 5) is 17.5. The van der Waals surface area contributed by atoms with Crippen LogP contribution in [0.15, 0.2) is 41.4 Å². The zero-order valence-corrected chi connectivity index (χ0v) is 21.6. The number of benzene rings is 2. The number of fused-ring (bicyclic) bond motifs is 3. The second kappa shape index (κ2) is 8.71. The molecular formula is C27H27F2IN2O3. The van der Waals surface area contributed by atoms with E-state index in [9.17, 15) is 13.6 Å². The van der Waals surface area contributed by atoms with Crippen molar-refractivity contribution < 1.29 is 23.0 Å². The highest BCUT2D eigenvalue weighted by Gasteiger charge is 2.45. The van der Waals surface area contributed by atoms with Gasteiger partial charge in [0.2, 0.25) is 5.91 Å². The lowest BCUT2D eigenvalue weighted by molar-refractivity contribution is -0.286. The van der Waals surface area contributed by atoms with Crippen LogP contribution in [0.1, 0.15) is 39.0 Å². The molecule has 2 fully saturated rings. The van der Waals surface area contributed by atoms with E-state index >= 15 is 0 Å². The fourth-order valence-corrected chi connectivity index (χ4v) is 7.25. The first kappa shape index (κ1) is 23.2. The van der Waals surface area contributed by atoms with E-state index in [-0.39, 0.29) is 17.4 Å². The molecule has 4 aliphatic rings. The smallest absolute Gasteiger partial charge is 0.395 e. The van der Waals surface area contributed by atoms with Crippen molar-refractivity contribution >= 4 is 39.8 Å². The SMILES string of the molecule is CC1CN=c2ccc(I)cc2=C1C1C[C@H]2CC(CC(=O)Nc3ccc4c(c3)OC(F)(F)O4)C[C@H]2C1. The Morgan fingerprint density at radius 3 is 2.60 bits per heavy atom. The van der Waals surface area contributed by atoms with Gasteiger partial charge in [0, 0.05) is 33.5 Å². The summed E-state index contributed by atoms with van der Waals surface area (Å²) in [5, 5.41) is 5.32. The van der Waals surface area contributed by atoms with Gasteiger partial charge < -0.3 is 14.8 Å². The molecule has 0 spiro atoms. The minimum atomic E-state index is -3.66. The van der Waals surface area contributed by atoms with Crippen LogP contribution in [0, 0.1) is 33.2 Å². The van der Waals surface area contributed by atoms with Gasteiger partial charge in [0.05, 0.1) is 5.36 Å². The molecule has 2 saturated carbocycles. The summed E-state index contributed by atoms with van der Waals surface area (Å²) in [6, 6.07) is 10.9. The summed E-state index contributed by atoms with van der Waals surface area (Å²) in [5.74, 6) is 2.60. The maximum Gasteiger partial charge on any atom is 0.586 e. The van der Waals surface area contributed by atoms with Gasteiger partial charge in [-0.15, -0.1) is 8.78 Å². The second-order valence-corrected chi connectivity index (χ2v) is 11.7. The largest absolute Gasteiger partial charge is 0.586 e. The van der Waals surface area contributed by atoms with E-state index in [0.717, 1.165) is 24.7 Å². The van der Waals surface area contributed by atoms with Crippen molar-refractivity contribution in [3.63, 3.8) is 0 Å². The number of nitrogens with one attached hydrogen (secondary N) is 1. The normalized spacial score (nSPS) is 29.9. The van der Waals surface area contributed by atoms with Gasteiger partial charge in [-0.05, 0) is 108 Å². The number of nitrogens with zero attached hydrogens (tertiary/aromatic N) is 1. The third kappa shape index (κ3) is 4.54. The number of halogens is 3. The number of amides is 1. The Morgan fingerprint density at radius 2 is 1.83 bits per heavy atom. The molecule has 0 bridgehead atoms. The number of carbonyl (C=O) groups is 1. The molecule has 8 heteroatoms. The van der Waals surface area contributed by atoms with Gasteiger partial charge in [0.25, 0.3) is 0 Å². The number of hydrogen-bond donors (Lipinski definition) is 1. The lowest BCUT2D eigenvalue weighted by Crippen LogP contribution is -2.36. The van der Waals surface area contributed by atoms with Crippen molar-refractivity contribution in [3.05, 3.63) is 50.5 Å². The molecule has 1 N–H and O–H groups in total. The molecule has 0 aromatic heterocycles. The maximum atomic E-state index is 13.2. The van der Waals surface area contributed by atoms with Gasteiger partial charge in [-0.1, -0.05) is 12.5 Å². The molecule has 2 aromatic carbocycles. The summed E-state index contributed by atoms with van der Waals surface area (Å²) < 4.78 is 36.6. The topological polar surface area (TPSA) is 59.9 Å². The van der Waals surface area contributed by atoms with Crippen LogP contribution in [-0.2, 0) is 4.79 Å². The first-order valence-corrected chi connectivity index (χ1v) is 13.4. The molecule has 0 saturated heterocycles. The van der Waals surface area contributed by atoms with Crippen LogP contribution in [0.25, 0.3) is 5.57 Å². The summed E-state index contributed by atoms with van der Waals surface area (Å²) in [6.45, 7) is 3.18. The minimum absolute atomic E-state index is 0.0256. The number of anilines is 1. The lowest BCUT2D eigenvalue weighted by Gasteiger charge is -2.25. The van der Waals surface area contributed by atoms with Crippen LogP contribution < -0.4 is 25.4 Å². The highest BCUT2D eigenvalue weighted by Crippen LogP contribution is 2.53. The van der Waals surface area contributed by atoms with Crippen molar-refractivity contribution in [3.8, 4) is 11.5 Å². The van der Waals surface area contributed by atoms with E-state index in [1.165, 1.54) is 33.8 Å². The first-order chi connectivity index (χ1) is 16.7. The van der Waals surface area contributed by atoms with Crippen LogP contribution in [0.5, 0.6) is 11.5 Å². The van der Waals surface area contributed by atoms with Crippen molar-refractivity contribution in [1.29, 1.82) is 0 Å². The van der Waals surface area contributed by atoms with Crippen LogP contribution in [0.2, 0.25) is 0 Å². The fourth-order valence-electron chi connectivity index (χ4n) is 6.76. The molecule has 5 atom stereocenters. The fraction of sp³-hybridized carbons (Fsp3) is 0.481. The zero-order valence-electron chi connectivity index (χ0n) is 19.4. The van der Waals surface area contributed by atoms with E-state index in [1.54, 1.807) is 11.6 Å². The van der Waals surface area contributed by atoms with Gasteiger partial charge >= 0.3 is 6.29 Å². The molecule has 2 aromatic rings. The molecule has 2 aliphatic heterocycles. The molecule has 2 aliphatic carbocycles. The van der Waals surface area contributed by atoms with E-state index in [1.807, 2.05) is 0 Å².